The lowest BCUT2D eigenvalue weighted by molar-refractivity contribution is 0.0523. The van der Waals surface area contributed by atoms with Crippen LogP contribution >= 0.6 is 11.6 Å². The summed E-state index contributed by atoms with van der Waals surface area (Å²) in [6.07, 6.45) is 1.57. The molecule has 0 aliphatic heterocycles. The van der Waals surface area contributed by atoms with Gasteiger partial charge < -0.3 is 25.3 Å². The number of alkyl carbamates (subject to hydrolysis) is 1. The Morgan fingerprint density at radius 3 is 2.43 bits per heavy atom. The van der Waals surface area contributed by atoms with Crippen molar-refractivity contribution in [1.29, 1.82) is 0 Å². The smallest absolute Gasteiger partial charge is 0.407 e. The van der Waals surface area contributed by atoms with Gasteiger partial charge in [-0.2, -0.15) is 0 Å². The monoisotopic (exact) mass is 498 g/mol. The topological polar surface area (TPSA) is 86.5 Å². The molecule has 3 N–H and O–H groups in total. The fraction of sp³-hybridized carbons (Fsp3) is 0.407. The van der Waals surface area contributed by atoms with Crippen LogP contribution in [-0.2, 0) is 17.7 Å². The lowest BCUT2D eigenvalue weighted by atomic mass is 10.1. The summed E-state index contributed by atoms with van der Waals surface area (Å²) in [4.78, 5) is 29.5. The zero-order valence-electron chi connectivity index (χ0n) is 20.9. The molecule has 7 nitrogen and oxygen atoms in total. The van der Waals surface area contributed by atoms with E-state index in [0.717, 1.165) is 42.4 Å². The number of aryl methyl sites for hydroxylation is 1. The molecular weight excluding hydrogens is 464 g/mol. The second-order valence-electron chi connectivity index (χ2n) is 9.75. The van der Waals surface area contributed by atoms with E-state index in [-0.39, 0.29) is 5.91 Å². The fourth-order valence-corrected chi connectivity index (χ4v) is 3.83. The minimum absolute atomic E-state index is 0.119. The molecular formula is C27H35ClN4O3. The van der Waals surface area contributed by atoms with Gasteiger partial charge in [0, 0.05) is 35.6 Å². The molecule has 0 unspecified atom stereocenters. The fourth-order valence-electron chi connectivity index (χ4n) is 3.65. The van der Waals surface area contributed by atoms with Crippen LogP contribution in [0.1, 0.15) is 48.8 Å². The first-order valence-electron chi connectivity index (χ1n) is 11.9. The Bertz CT molecular complexity index is 1140. The van der Waals surface area contributed by atoms with Crippen LogP contribution in [0.3, 0.4) is 0 Å². The maximum atomic E-state index is 12.4. The number of aromatic amines is 1. The number of H-pyrrole nitrogens is 1. The number of nitrogens with zero attached hydrogens (tertiary/aromatic N) is 1. The number of hydrogen-bond acceptors (Lipinski definition) is 4. The van der Waals surface area contributed by atoms with Gasteiger partial charge in [-0.15, -0.1) is 0 Å². The molecule has 2 amide bonds. The Balaban J connectivity index is 1.32. The number of hydrogen-bond donors (Lipinski definition) is 3. The zero-order chi connectivity index (χ0) is 25.4. The van der Waals surface area contributed by atoms with E-state index in [1.165, 1.54) is 5.56 Å². The molecule has 0 atom stereocenters. The standard InChI is InChI=1S/C27H35ClN4O3/c1-27(2,3)35-26(34)30-18-20-9-7-19(8-10-20)6-5-14-32(4)15-13-29-25(33)24-16-21-11-12-22(28)17-23(21)31-24/h7-12,16-17,31H,5-6,13-15,18H2,1-4H3,(H,29,33)(H,30,34). The normalized spacial score (nSPS) is 11.6. The number of benzene rings is 2. The molecule has 0 fully saturated rings. The van der Waals surface area contributed by atoms with Crippen molar-refractivity contribution in [3.05, 3.63) is 70.4 Å². The minimum Gasteiger partial charge on any atom is -0.444 e. The van der Waals surface area contributed by atoms with Crippen LogP contribution < -0.4 is 10.6 Å². The number of carbonyl (C=O) groups is 2. The lowest BCUT2D eigenvalue weighted by Crippen LogP contribution is -2.33. The summed E-state index contributed by atoms with van der Waals surface area (Å²) in [5.41, 5.74) is 3.18. The molecule has 2 aromatic carbocycles. The van der Waals surface area contributed by atoms with Crippen LogP contribution in [0, 0.1) is 0 Å². The third-order valence-corrected chi connectivity index (χ3v) is 5.71. The number of aromatic nitrogens is 1. The summed E-state index contributed by atoms with van der Waals surface area (Å²) in [6, 6.07) is 15.6. The summed E-state index contributed by atoms with van der Waals surface area (Å²) in [6.45, 7) is 8.25. The highest BCUT2D eigenvalue weighted by Gasteiger charge is 2.15. The first kappa shape index (κ1) is 26.6. The highest BCUT2D eigenvalue weighted by atomic mass is 35.5. The molecule has 0 saturated carbocycles. The van der Waals surface area contributed by atoms with Gasteiger partial charge in [0.25, 0.3) is 5.91 Å². The van der Waals surface area contributed by atoms with Crippen molar-refractivity contribution in [2.45, 2.75) is 45.8 Å². The number of halogens is 1. The lowest BCUT2D eigenvalue weighted by Gasteiger charge is -2.19. The molecule has 1 aromatic heterocycles. The first-order valence-corrected chi connectivity index (χ1v) is 12.3. The van der Waals surface area contributed by atoms with Crippen molar-refractivity contribution in [3.63, 3.8) is 0 Å². The third kappa shape index (κ3) is 8.92. The van der Waals surface area contributed by atoms with Gasteiger partial charge in [-0.25, -0.2) is 4.79 Å². The number of amides is 2. The number of likely N-dealkylation sites (N-methyl/N-ethyl adjacent to an activating group) is 1. The highest BCUT2D eigenvalue weighted by Crippen LogP contribution is 2.19. The molecule has 188 valence electrons. The Kier molecular flexibility index (Phi) is 9.18. The van der Waals surface area contributed by atoms with Gasteiger partial charge in [-0.3, -0.25) is 4.79 Å². The maximum Gasteiger partial charge on any atom is 0.407 e. The molecule has 8 heteroatoms. The Labute approximate surface area is 212 Å². The summed E-state index contributed by atoms with van der Waals surface area (Å²) >= 11 is 6.01. The molecule has 0 aliphatic carbocycles. The van der Waals surface area contributed by atoms with Crippen LogP contribution in [0.25, 0.3) is 10.9 Å². The van der Waals surface area contributed by atoms with E-state index in [4.69, 9.17) is 16.3 Å². The molecule has 3 aromatic rings. The van der Waals surface area contributed by atoms with Crippen LogP contribution in [0.5, 0.6) is 0 Å². The van der Waals surface area contributed by atoms with Crippen molar-refractivity contribution in [2.24, 2.45) is 0 Å². The van der Waals surface area contributed by atoms with Crippen LogP contribution in [0.15, 0.2) is 48.5 Å². The number of carbonyl (C=O) groups excluding carboxylic acids is 2. The Morgan fingerprint density at radius 1 is 1.00 bits per heavy atom. The highest BCUT2D eigenvalue weighted by molar-refractivity contribution is 6.31. The van der Waals surface area contributed by atoms with Crippen LogP contribution in [0.4, 0.5) is 4.79 Å². The van der Waals surface area contributed by atoms with E-state index in [1.807, 2.05) is 57.2 Å². The predicted molar refractivity (Wildman–Crippen MR) is 141 cm³/mol. The van der Waals surface area contributed by atoms with Gasteiger partial charge in [0.05, 0.1) is 0 Å². The summed E-state index contributed by atoms with van der Waals surface area (Å²) < 4.78 is 5.25. The summed E-state index contributed by atoms with van der Waals surface area (Å²) in [5, 5.41) is 7.34. The van der Waals surface area contributed by atoms with E-state index in [2.05, 4.69) is 39.7 Å². The maximum absolute atomic E-state index is 12.4. The van der Waals surface area contributed by atoms with Crippen LogP contribution in [-0.4, -0.2) is 54.2 Å². The van der Waals surface area contributed by atoms with Gasteiger partial charge in [0.15, 0.2) is 0 Å². The summed E-state index contributed by atoms with van der Waals surface area (Å²) in [5.74, 6) is -0.119. The molecule has 0 bridgehead atoms. The molecule has 1 heterocycles. The van der Waals surface area contributed by atoms with Gasteiger partial charge >= 0.3 is 6.09 Å². The molecule has 0 radical (unpaired) electrons. The zero-order valence-corrected chi connectivity index (χ0v) is 21.7. The Hall–Kier alpha value is -3.03. The molecule has 0 aliphatic rings. The van der Waals surface area contributed by atoms with Crippen molar-refractivity contribution in [2.75, 3.05) is 26.7 Å². The van der Waals surface area contributed by atoms with Gasteiger partial charge in [-0.1, -0.05) is 41.9 Å². The number of ether oxygens (including phenoxy) is 1. The number of nitrogens with one attached hydrogen (secondary N) is 3. The number of rotatable bonds is 10. The average Bonchev–Trinajstić information content (AvgIpc) is 3.21. The average molecular weight is 499 g/mol. The number of fused-ring (bicyclic) bond motifs is 1. The van der Waals surface area contributed by atoms with E-state index >= 15 is 0 Å². The molecule has 3 rings (SSSR count). The molecule has 35 heavy (non-hydrogen) atoms. The largest absolute Gasteiger partial charge is 0.444 e. The van der Waals surface area contributed by atoms with E-state index < -0.39 is 11.7 Å². The van der Waals surface area contributed by atoms with Gasteiger partial charge in [0.2, 0.25) is 0 Å². The van der Waals surface area contributed by atoms with E-state index in [0.29, 0.717) is 23.8 Å². The first-order chi connectivity index (χ1) is 16.6. The Morgan fingerprint density at radius 2 is 1.71 bits per heavy atom. The minimum atomic E-state index is -0.501. The molecule has 0 saturated heterocycles. The second kappa shape index (κ2) is 12.1. The van der Waals surface area contributed by atoms with Gasteiger partial charge in [0.1, 0.15) is 11.3 Å². The van der Waals surface area contributed by atoms with Crippen molar-refractivity contribution in [3.8, 4) is 0 Å². The van der Waals surface area contributed by atoms with Crippen molar-refractivity contribution < 1.29 is 14.3 Å². The molecule has 0 spiro atoms. The van der Waals surface area contributed by atoms with Crippen LogP contribution in [0.2, 0.25) is 5.02 Å². The van der Waals surface area contributed by atoms with Crippen molar-refractivity contribution in [1.82, 2.24) is 20.5 Å². The van der Waals surface area contributed by atoms with E-state index in [9.17, 15) is 9.59 Å². The van der Waals surface area contributed by atoms with Crippen molar-refractivity contribution >= 4 is 34.5 Å². The summed E-state index contributed by atoms with van der Waals surface area (Å²) in [7, 11) is 2.06. The van der Waals surface area contributed by atoms with E-state index in [1.54, 1.807) is 0 Å². The second-order valence-corrected chi connectivity index (χ2v) is 10.2. The quantitative estimate of drug-likeness (QED) is 0.361. The third-order valence-electron chi connectivity index (χ3n) is 5.47. The SMILES string of the molecule is CN(CCCc1ccc(CNC(=O)OC(C)(C)C)cc1)CCNC(=O)c1cc2ccc(Cl)cc2[nH]1. The predicted octanol–water partition coefficient (Wildman–Crippen LogP) is 5.14. The van der Waals surface area contributed by atoms with Gasteiger partial charge in [-0.05, 0) is 76.5 Å².